The lowest BCUT2D eigenvalue weighted by Gasteiger charge is -2.04. The first-order valence-corrected chi connectivity index (χ1v) is 8.62. The van der Waals surface area contributed by atoms with Crippen LogP contribution in [0.4, 0.5) is 0 Å². The lowest BCUT2D eigenvalue weighted by molar-refractivity contribution is 0.103. The zero-order valence-corrected chi connectivity index (χ0v) is 14.2. The minimum Gasteiger partial charge on any atom is -0.289 e. The van der Waals surface area contributed by atoms with Crippen LogP contribution in [0.25, 0.3) is 20.2 Å². The van der Waals surface area contributed by atoms with Crippen molar-refractivity contribution < 1.29 is 4.79 Å². The maximum Gasteiger partial charge on any atom is 0.194 e. The maximum atomic E-state index is 12.7. The van der Waals surface area contributed by atoms with Gasteiger partial charge in [-0.25, -0.2) is 0 Å². The first-order valence-electron chi connectivity index (χ1n) is 7.04. The standard InChI is InChI=1S/C19H10Cl2OS/c20-12-6-8-15(16(21)10-12)19(22)11-5-7-14-13-3-1-2-4-17(13)23-18(14)9-11/h1-10H. The molecule has 0 aliphatic heterocycles. The average Bonchev–Trinajstić information content (AvgIpc) is 2.92. The van der Waals surface area contributed by atoms with E-state index >= 15 is 0 Å². The first-order chi connectivity index (χ1) is 11.1. The zero-order chi connectivity index (χ0) is 16.0. The summed E-state index contributed by atoms with van der Waals surface area (Å²) in [5.74, 6) is -0.0916. The van der Waals surface area contributed by atoms with Crippen LogP contribution in [0.15, 0.2) is 60.7 Å². The summed E-state index contributed by atoms with van der Waals surface area (Å²) in [5, 5.41) is 3.28. The Morgan fingerprint density at radius 1 is 0.826 bits per heavy atom. The van der Waals surface area contributed by atoms with Crippen LogP contribution in [0, 0.1) is 0 Å². The van der Waals surface area contributed by atoms with Crippen molar-refractivity contribution in [3.63, 3.8) is 0 Å². The lowest BCUT2D eigenvalue weighted by Crippen LogP contribution is -2.01. The van der Waals surface area contributed by atoms with Gasteiger partial charge < -0.3 is 0 Å². The third-order valence-electron chi connectivity index (χ3n) is 3.82. The van der Waals surface area contributed by atoms with Gasteiger partial charge in [-0.2, -0.15) is 0 Å². The summed E-state index contributed by atoms with van der Waals surface area (Å²) >= 11 is 13.7. The van der Waals surface area contributed by atoms with Crippen LogP contribution in [0.3, 0.4) is 0 Å². The topological polar surface area (TPSA) is 17.1 Å². The Hall–Kier alpha value is -1.87. The van der Waals surface area contributed by atoms with E-state index in [4.69, 9.17) is 23.2 Å². The number of hydrogen-bond donors (Lipinski definition) is 0. The summed E-state index contributed by atoms with van der Waals surface area (Å²) in [4.78, 5) is 12.7. The SMILES string of the molecule is O=C(c1ccc2c(c1)sc1ccccc12)c1ccc(Cl)cc1Cl. The second kappa shape index (κ2) is 5.64. The molecule has 4 rings (SSSR count). The van der Waals surface area contributed by atoms with E-state index in [-0.39, 0.29) is 5.78 Å². The highest BCUT2D eigenvalue weighted by Gasteiger charge is 2.15. The number of carbonyl (C=O) groups is 1. The Balaban J connectivity index is 1.85. The number of halogens is 2. The van der Waals surface area contributed by atoms with Gasteiger partial charge in [0.25, 0.3) is 0 Å². The molecule has 0 bridgehead atoms. The highest BCUT2D eigenvalue weighted by atomic mass is 35.5. The quantitative estimate of drug-likeness (QED) is 0.370. The Bertz CT molecular complexity index is 1070. The van der Waals surface area contributed by atoms with E-state index < -0.39 is 0 Å². The molecule has 0 N–H and O–H groups in total. The predicted octanol–water partition coefficient (Wildman–Crippen LogP) is 6.59. The second-order valence-corrected chi connectivity index (χ2v) is 7.19. The smallest absolute Gasteiger partial charge is 0.194 e. The van der Waals surface area contributed by atoms with Crippen LogP contribution < -0.4 is 0 Å². The van der Waals surface area contributed by atoms with Crippen LogP contribution in [0.2, 0.25) is 10.0 Å². The molecule has 0 amide bonds. The van der Waals surface area contributed by atoms with Gasteiger partial charge >= 0.3 is 0 Å². The Kier molecular flexibility index (Phi) is 3.61. The largest absolute Gasteiger partial charge is 0.289 e. The van der Waals surface area contributed by atoms with Crippen molar-refractivity contribution in [3.8, 4) is 0 Å². The van der Waals surface area contributed by atoms with Gasteiger partial charge in [0.1, 0.15) is 0 Å². The first kappa shape index (κ1) is 14.7. The molecule has 0 saturated carbocycles. The van der Waals surface area contributed by atoms with Crippen LogP contribution >= 0.6 is 34.5 Å². The van der Waals surface area contributed by atoms with E-state index in [2.05, 4.69) is 12.1 Å². The zero-order valence-electron chi connectivity index (χ0n) is 11.8. The number of thiophene rings is 1. The van der Waals surface area contributed by atoms with Crippen molar-refractivity contribution in [2.75, 3.05) is 0 Å². The van der Waals surface area contributed by atoms with Gasteiger partial charge in [-0.3, -0.25) is 4.79 Å². The van der Waals surface area contributed by atoms with Crippen molar-refractivity contribution >= 4 is 60.5 Å². The molecule has 0 radical (unpaired) electrons. The lowest BCUT2D eigenvalue weighted by atomic mass is 10.0. The van der Waals surface area contributed by atoms with E-state index in [0.29, 0.717) is 21.2 Å². The van der Waals surface area contributed by atoms with Crippen LogP contribution in [-0.2, 0) is 0 Å². The van der Waals surface area contributed by atoms with Crippen molar-refractivity contribution in [3.05, 3.63) is 81.8 Å². The summed E-state index contributed by atoms with van der Waals surface area (Å²) in [7, 11) is 0. The number of ketones is 1. The van der Waals surface area contributed by atoms with E-state index in [1.165, 1.54) is 15.5 Å². The van der Waals surface area contributed by atoms with Crippen molar-refractivity contribution in [2.24, 2.45) is 0 Å². The Morgan fingerprint density at radius 3 is 2.43 bits per heavy atom. The molecule has 112 valence electrons. The molecule has 0 fully saturated rings. The number of benzene rings is 3. The predicted molar refractivity (Wildman–Crippen MR) is 99.2 cm³/mol. The Labute approximate surface area is 147 Å². The average molecular weight is 357 g/mol. The van der Waals surface area contributed by atoms with E-state index in [9.17, 15) is 4.79 Å². The third kappa shape index (κ3) is 2.53. The number of carbonyl (C=O) groups excluding carboxylic acids is 1. The Morgan fingerprint density at radius 2 is 1.61 bits per heavy atom. The fraction of sp³-hybridized carbons (Fsp3) is 0. The molecule has 4 heteroatoms. The highest BCUT2D eigenvalue weighted by molar-refractivity contribution is 7.25. The third-order valence-corrected chi connectivity index (χ3v) is 5.50. The fourth-order valence-corrected chi connectivity index (χ4v) is 4.34. The molecule has 1 nitrogen and oxygen atoms in total. The summed E-state index contributed by atoms with van der Waals surface area (Å²) in [6, 6.07) is 19.0. The summed E-state index contributed by atoms with van der Waals surface area (Å²) in [6.45, 7) is 0. The summed E-state index contributed by atoms with van der Waals surface area (Å²) < 4.78 is 2.32. The van der Waals surface area contributed by atoms with Gasteiger partial charge in [-0.15, -0.1) is 11.3 Å². The second-order valence-electron chi connectivity index (χ2n) is 5.26. The normalized spacial score (nSPS) is 11.2. The van der Waals surface area contributed by atoms with E-state index in [0.717, 1.165) is 4.70 Å². The molecule has 0 aliphatic rings. The molecule has 0 unspecified atom stereocenters. The van der Waals surface area contributed by atoms with Gasteiger partial charge in [0.15, 0.2) is 5.78 Å². The van der Waals surface area contributed by atoms with Gasteiger partial charge in [0.2, 0.25) is 0 Å². The van der Waals surface area contributed by atoms with Crippen molar-refractivity contribution in [1.82, 2.24) is 0 Å². The molecule has 23 heavy (non-hydrogen) atoms. The molecular weight excluding hydrogens is 347 g/mol. The summed E-state index contributed by atoms with van der Waals surface area (Å²) in [6.07, 6.45) is 0. The number of fused-ring (bicyclic) bond motifs is 3. The van der Waals surface area contributed by atoms with Crippen LogP contribution in [0.1, 0.15) is 15.9 Å². The molecule has 1 aromatic heterocycles. The maximum absolute atomic E-state index is 12.7. The molecule has 3 aromatic carbocycles. The van der Waals surface area contributed by atoms with Crippen LogP contribution in [0.5, 0.6) is 0 Å². The molecule has 1 heterocycles. The van der Waals surface area contributed by atoms with Gasteiger partial charge in [-0.1, -0.05) is 53.5 Å². The minimum absolute atomic E-state index is 0.0916. The minimum atomic E-state index is -0.0916. The van der Waals surface area contributed by atoms with Crippen molar-refractivity contribution in [1.29, 1.82) is 0 Å². The number of hydrogen-bond acceptors (Lipinski definition) is 2. The molecule has 0 aliphatic carbocycles. The van der Waals surface area contributed by atoms with Gasteiger partial charge in [0, 0.05) is 36.3 Å². The molecule has 0 atom stereocenters. The number of rotatable bonds is 2. The highest BCUT2D eigenvalue weighted by Crippen LogP contribution is 2.34. The fourth-order valence-electron chi connectivity index (χ4n) is 2.70. The molecule has 4 aromatic rings. The molecular formula is C19H10Cl2OS. The van der Waals surface area contributed by atoms with E-state index in [1.807, 2.05) is 30.3 Å². The molecule has 0 saturated heterocycles. The van der Waals surface area contributed by atoms with E-state index in [1.54, 1.807) is 29.5 Å². The van der Waals surface area contributed by atoms with Crippen molar-refractivity contribution in [2.45, 2.75) is 0 Å². The monoisotopic (exact) mass is 356 g/mol. The summed E-state index contributed by atoms with van der Waals surface area (Å²) in [5.41, 5.74) is 1.10. The molecule has 0 spiro atoms. The van der Waals surface area contributed by atoms with Gasteiger partial charge in [0.05, 0.1) is 5.02 Å². The van der Waals surface area contributed by atoms with Gasteiger partial charge in [-0.05, 0) is 30.3 Å². The van der Waals surface area contributed by atoms with Crippen LogP contribution in [-0.4, -0.2) is 5.78 Å².